The number of hydrogen-bond donors (Lipinski definition) is 2. The zero-order chi connectivity index (χ0) is 22.9. The first kappa shape index (κ1) is 20.9. The molecule has 6 nitrogen and oxygen atoms in total. The summed E-state index contributed by atoms with van der Waals surface area (Å²) in [6, 6.07) is 21.5. The van der Waals surface area contributed by atoms with Crippen LogP contribution in [-0.2, 0) is 11.3 Å². The van der Waals surface area contributed by atoms with E-state index in [0.717, 1.165) is 16.5 Å². The number of rotatable bonds is 6. The number of aliphatic carboxylic acids is 1. The third-order valence-corrected chi connectivity index (χ3v) is 5.95. The first-order valence-corrected chi connectivity index (χ1v) is 10.6. The summed E-state index contributed by atoms with van der Waals surface area (Å²) in [5.74, 6) is -1.12. The summed E-state index contributed by atoms with van der Waals surface area (Å²) in [7, 11) is 0. The van der Waals surface area contributed by atoms with Crippen molar-refractivity contribution in [3.05, 3.63) is 95.3 Å². The Bertz CT molecular complexity index is 1360. The first-order valence-electron chi connectivity index (χ1n) is 10.6. The number of halogens is 1. The monoisotopic (exact) mass is 444 g/mol. The van der Waals surface area contributed by atoms with Gasteiger partial charge in [0.25, 0.3) is 0 Å². The molecule has 0 radical (unpaired) electrons. The number of oxime groups is 1. The molecular weight excluding hydrogens is 423 g/mol. The van der Waals surface area contributed by atoms with E-state index in [1.165, 1.54) is 6.07 Å². The molecule has 4 aromatic rings. The lowest BCUT2D eigenvalue weighted by Gasteiger charge is -2.36. The minimum atomic E-state index is -0.790. The van der Waals surface area contributed by atoms with Crippen LogP contribution in [0.2, 0.25) is 0 Å². The van der Waals surface area contributed by atoms with Crippen LogP contribution >= 0.6 is 0 Å². The van der Waals surface area contributed by atoms with Gasteiger partial charge in [0.2, 0.25) is 0 Å². The van der Waals surface area contributed by atoms with Crippen molar-refractivity contribution in [3.8, 4) is 11.3 Å². The molecular formula is C26H21FN2O4. The highest BCUT2D eigenvalue weighted by Crippen LogP contribution is 2.31. The van der Waals surface area contributed by atoms with Gasteiger partial charge in [-0.2, -0.15) is 0 Å². The van der Waals surface area contributed by atoms with Crippen molar-refractivity contribution in [1.82, 2.24) is 4.90 Å². The van der Waals surface area contributed by atoms with Crippen LogP contribution in [0.3, 0.4) is 0 Å². The van der Waals surface area contributed by atoms with Gasteiger partial charge in [-0.3, -0.25) is 9.69 Å². The van der Waals surface area contributed by atoms with Gasteiger partial charge in [-0.05, 0) is 42.0 Å². The Balaban J connectivity index is 1.38. The lowest BCUT2D eigenvalue weighted by Crippen LogP contribution is -2.49. The standard InChI is InChI=1S/C26H21FN2O4/c27-22-10-16(13-29-14-20(15-29)26(30)31)6-8-21(22)24-12-19-11-18(7-9-23(19)33-24)25(28-32)17-4-2-1-3-5-17/h1-12,20,32H,13-15H2,(H,30,31). The van der Waals surface area contributed by atoms with E-state index in [1.807, 2.05) is 47.4 Å². The molecule has 0 amide bonds. The predicted octanol–water partition coefficient (Wildman–Crippen LogP) is 4.98. The quantitative estimate of drug-likeness (QED) is 0.249. The van der Waals surface area contributed by atoms with E-state index >= 15 is 0 Å². The summed E-state index contributed by atoms with van der Waals surface area (Å²) in [5, 5.41) is 22.8. The molecule has 2 heterocycles. The van der Waals surface area contributed by atoms with E-state index in [1.54, 1.807) is 24.3 Å². The highest BCUT2D eigenvalue weighted by atomic mass is 19.1. The number of carboxylic acids is 1. The molecule has 7 heteroatoms. The van der Waals surface area contributed by atoms with Crippen molar-refractivity contribution in [3.63, 3.8) is 0 Å². The molecule has 1 fully saturated rings. The second-order valence-corrected chi connectivity index (χ2v) is 8.22. The number of fused-ring (bicyclic) bond motifs is 1. The maximum atomic E-state index is 14.9. The highest BCUT2D eigenvalue weighted by Gasteiger charge is 2.32. The summed E-state index contributed by atoms with van der Waals surface area (Å²) >= 11 is 0. The molecule has 1 aliphatic heterocycles. The molecule has 0 saturated carbocycles. The maximum Gasteiger partial charge on any atom is 0.309 e. The number of carboxylic acid groups (broad SMARTS) is 1. The van der Waals surface area contributed by atoms with E-state index in [0.29, 0.717) is 47.8 Å². The molecule has 166 valence electrons. The molecule has 0 bridgehead atoms. The molecule has 0 unspecified atom stereocenters. The Hall–Kier alpha value is -3.97. The van der Waals surface area contributed by atoms with Crippen molar-refractivity contribution in [1.29, 1.82) is 0 Å². The number of furan rings is 1. The van der Waals surface area contributed by atoms with Crippen LogP contribution in [0.4, 0.5) is 4.39 Å². The van der Waals surface area contributed by atoms with Crippen LogP contribution in [0.5, 0.6) is 0 Å². The van der Waals surface area contributed by atoms with E-state index in [-0.39, 0.29) is 5.92 Å². The Morgan fingerprint density at radius 2 is 1.82 bits per heavy atom. The largest absolute Gasteiger partial charge is 0.481 e. The Kier molecular flexibility index (Phi) is 5.40. The molecule has 1 aliphatic rings. The van der Waals surface area contributed by atoms with Gasteiger partial charge >= 0.3 is 5.97 Å². The molecule has 1 aromatic heterocycles. The lowest BCUT2D eigenvalue weighted by molar-refractivity contribution is -0.147. The second-order valence-electron chi connectivity index (χ2n) is 8.22. The minimum Gasteiger partial charge on any atom is -0.481 e. The van der Waals surface area contributed by atoms with Crippen molar-refractivity contribution in [2.45, 2.75) is 6.54 Å². The van der Waals surface area contributed by atoms with Crippen molar-refractivity contribution in [2.24, 2.45) is 11.1 Å². The maximum absolute atomic E-state index is 14.9. The van der Waals surface area contributed by atoms with Crippen LogP contribution in [-0.4, -0.2) is 40.0 Å². The normalized spacial score (nSPS) is 15.0. The smallest absolute Gasteiger partial charge is 0.309 e. The van der Waals surface area contributed by atoms with Crippen LogP contribution in [0.1, 0.15) is 16.7 Å². The fourth-order valence-corrected chi connectivity index (χ4v) is 4.17. The van der Waals surface area contributed by atoms with Crippen molar-refractivity contribution in [2.75, 3.05) is 13.1 Å². The van der Waals surface area contributed by atoms with Gasteiger partial charge in [-0.15, -0.1) is 0 Å². The van der Waals surface area contributed by atoms with Gasteiger partial charge in [0.05, 0.1) is 11.5 Å². The summed E-state index contributed by atoms with van der Waals surface area (Å²) in [6.45, 7) is 1.46. The minimum absolute atomic E-state index is 0.340. The molecule has 3 aromatic carbocycles. The lowest BCUT2D eigenvalue weighted by atomic mass is 9.99. The van der Waals surface area contributed by atoms with Gasteiger partial charge in [-0.25, -0.2) is 4.39 Å². The van der Waals surface area contributed by atoms with Crippen LogP contribution in [0.25, 0.3) is 22.3 Å². The van der Waals surface area contributed by atoms with Crippen LogP contribution in [0, 0.1) is 11.7 Å². The van der Waals surface area contributed by atoms with E-state index in [9.17, 15) is 14.4 Å². The number of benzene rings is 3. The summed E-state index contributed by atoms with van der Waals surface area (Å²) in [6.07, 6.45) is 0. The summed E-state index contributed by atoms with van der Waals surface area (Å²) in [4.78, 5) is 12.9. The average Bonchev–Trinajstić information content (AvgIpc) is 3.20. The van der Waals surface area contributed by atoms with E-state index in [2.05, 4.69) is 5.16 Å². The fraction of sp³-hybridized carbons (Fsp3) is 0.154. The third-order valence-electron chi connectivity index (χ3n) is 5.95. The van der Waals surface area contributed by atoms with Gasteiger partial charge in [0, 0.05) is 36.1 Å². The number of hydrogen-bond acceptors (Lipinski definition) is 5. The summed E-state index contributed by atoms with van der Waals surface area (Å²) in [5.41, 5.74) is 3.66. The SMILES string of the molecule is O=C(O)C1CN(Cc2ccc(-c3cc4cc(C(=NO)c5ccccc5)ccc4o3)c(F)c2)C1. The fourth-order valence-electron chi connectivity index (χ4n) is 4.17. The Morgan fingerprint density at radius 1 is 1.03 bits per heavy atom. The van der Waals surface area contributed by atoms with Crippen LogP contribution < -0.4 is 0 Å². The van der Waals surface area contributed by atoms with Gasteiger partial charge in [-0.1, -0.05) is 41.6 Å². The molecule has 1 saturated heterocycles. The first-order chi connectivity index (χ1) is 16.0. The average molecular weight is 444 g/mol. The van der Waals surface area contributed by atoms with E-state index in [4.69, 9.17) is 9.52 Å². The number of likely N-dealkylation sites (tertiary alicyclic amines) is 1. The highest BCUT2D eigenvalue weighted by molar-refractivity contribution is 6.13. The molecule has 5 rings (SSSR count). The Morgan fingerprint density at radius 3 is 2.52 bits per heavy atom. The molecule has 2 N–H and O–H groups in total. The molecule has 33 heavy (non-hydrogen) atoms. The molecule has 0 atom stereocenters. The Labute approximate surface area is 189 Å². The zero-order valence-electron chi connectivity index (χ0n) is 17.6. The number of carbonyl (C=O) groups is 1. The van der Waals surface area contributed by atoms with Crippen LogP contribution in [0.15, 0.2) is 82.4 Å². The van der Waals surface area contributed by atoms with Gasteiger partial charge in [0.1, 0.15) is 22.9 Å². The molecule has 0 spiro atoms. The summed E-state index contributed by atoms with van der Waals surface area (Å²) < 4.78 is 20.8. The zero-order valence-corrected chi connectivity index (χ0v) is 17.6. The topological polar surface area (TPSA) is 86.3 Å². The predicted molar refractivity (Wildman–Crippen MR) is 122 cm³/mol. The van der Waals surface area contributed by atoms with Crippen molar-refractivity contribution < 1.29 is 23.9 Å². The van der Waals surface area contributed by atoms with Gasteiger partial charge in [0.15, 0.2) is 0 Å². The number of nitrogens with zero attached hydrogens (tertiary/aromatic N) is 2. The molecule has 0 aliphatic carbocycles. The van der Waals surface area contributed by atoms with E-state index < -0.39 is 11.8 Å². The third kappa shape index (κ3) is 4.10. The second kappa shape index (κ2) is 8.52. The van der Waals surface area contributed by atoms with Crippen molar-refractivity contribution >= 4 is 22.7 Å². The van der Waals surface area contributed by atoms with Gasteiger partial charge < -0.3 is 14.7 Å².